The average Bonchev–Trinajstić information content (AvgIpc) is 2.56. The Hall–Kier alpha value is -1.58. The third kappa shape index (κ3) is 3.74. The Morgan fingerprint density at radius 2 is 1.69 bits per heavy atom. The van der Waals surface area contributed by atoms with Crippen molar-refractivity contribution < 1.29 is 9.18 Å². The zero-order chi connectivity index (χ0) is 19.0. The van der Waals surface area contributed by atoms with Crippen LogP contribution in [-0.2, 0) is 4.79 Å². The van der Waals surface area contributed by atoms with Crippen LogP contribution in [0.2, 0.25) is 10.0 Å². The smallest absolute Gasteiger partial charge is 0.226 e. The number of hydrogen-bond acceptors (Lipinski definition) is 1. The van der Waals surface area contributed by atoms with Gasteiger partial charge in [0.15, 0.2) is 0 Å². The Morgan fingerprint density at radius 1 is 1.04 bits per heavy atom. The molecule has 3 rings (SSSR count). The molecule has 0 aliphatic carbocycles. The van der Waals surface area contributed by atoms with Crippen molar-refractivity contribution in [1.29, 1.82) is 0 Å². The fourth-order valence-corrected chi connectivity index (χ4v) is 4.29. The molecular formula is C21H22Cl2FNO. The van der Waals surface area contributed by atoms with Gasteiger partial charge < -0.3 is 4.90 Å². The number of rotatable bonds is 3. The van der Waals surface area contributed by atoms with E-state index in [1.807, 2.05) is 49.9 Å². The summed E-state index contributed by atoms with van der Waals surface area (Å²) in [7, 11) is 0. The lowest BCUT2D eigenvalue weighted by Crippen LogP contribution is -2.49. The van der Waals surface area contributed by atoms with Crippen LogP contribution in [0.1, 0.15) is 50.3 Å². The van der Waals surface area contributed by atoms with Crippen molar-refractivity contribution in [2.75, 3.05) is 0 Å². The van der Waals surface area contributed by atoms with Crippen LogP contribution in [0.5, 0.6) is 0 Å². The highest BCUT2D eigenvalue weighted by molar-refractivity contribution is 6.30. The van der Waals surface area contributed by atoms with E-state index in [9.17, 15) is 9.18 Å². The summed E-state index contributed by atoms with van der Waals surface area (Å²) < 4.78 is 14.0. The van der Waals surface area contributed by atoms with E-state index >= 15 is 0 Å². The molecule has 1 aliphatic heterocycles. The van der Waals surface area contributed by atoms with Crippen LogP contribution >= 0.6 is 23.2 Å². The van der Waals surface area contributed by atoms with Crippen molar-refractivity contribution in [3.63, 3.8) is 0 Å². The molecule has 1 fully saturated rings. The predicted molar refractivity (Wildman–Crippen MR) is 104 cm³/mol. The molecule has 0 N–H and O–H groups in total. The minimum Gasteiger partial charge on any atom is -0.332 e. The van der Waals surface area contributed by atoms with Gasteiger partial charge in [-0.25, -0.2) is 4.39 Å². The highest BCUT2D eigenvalue weighted by Gasteiger charge is 2.42. The summed E-state index contributed by atoms with van der Waals surface area (Å²) in [5, 5.41) is 1.02. The molecule has 2 aromatic rings. The van der Waals surface area contributed by atoms with Crippen LogP contribution < -0.4 is 0 Å². The molecule has 1 saturated heterocycles. The van der Waals surface area contributed by atoms with Gasteiger partial charge in [-0.05, 0) is 61.7 Å². The molecule has 0 spiro atoms. The maximum Gasteiger partial charge on any atom is 0.226 e. The quantitative estimate of drug-likeness (QED) is 0.604. The predicted octanol–water partition coefficient (Wildman–Crippen LogP) is 6.23. The second-order valence-electron chi connectivity index (χ2n) is 7.28. The summed E-state index contributed by atoms with van der Waals surface area (Å²) in [6, 6.07) is 12.0. The Bertz CT molecular complexity index is 786. The van der Waals surface area contributed by atoms with Crippen LogP contribution in [0, 0.1) is 11.7 Å². The number of benzene rings is 2. The minimum atomic E-state index is -0.358. The zero-order valence-electron chi connectivity index (χ0n) is 15.0. The Morgan fingerprint density at radius 3 is 2.27 bits per heavy atom. The standard InChI is InChI=1S/C21H22Cl2FNO/c1-12(2)25-20(14-4-6-16(22)7-5-14)19(8-13(3)21(25)26)15-9-17(23)11-18(24)10-15/h4-7,9-13,19-20H,8H2,1-3H3/t13-,19-,20-/m1/s1. The molecule has 0 unspecified atom stereocenters. The molecule has 5 heteroatoms. The molecule has 26 heavy (non-hydrogen) atoms. The average molecular weight is 394 g/mol. The molecule has 2 nitrogen and oxygen atoms in total. The molecule has 0 aromatic heterocycles. The summed E-state index contributed by atoms with van der Waals surface area (Å²) in [6.45, 7) is 5.95. The molecule has 0 radical (unpaired) electrons. The fourth-order valence-electron chi connectivity index (χ4n) is 3.93. The molecule has 0 saturated carbocycles. The normalized spacial score (nSPS) is 23.6. The van der Waals surface area contributed by atoms with Gasteiger partial charge in [0, 0.05) is 27.9 Å². The van der Waals surface area contributed by atoms with E-state index in [1.54, 1.807) is 6.07 Å². The van der Waals surface area contributed by atoms with Gasteiger partial charge in [-0.15, -0.1) is 0 Å². The van der Waals surface area contributed by atoms with Gasteiger partial charge >= 0.3 is 0 Å². The van der Waals surface area contributed by atoms with Crippen molar-refractivity contribution in [2.24, 2.45) is 5.92 Å². The fraction of sp³-hybridized carbons (Fsp3) is 0.381. The number of carbonyl (C=O) groups is 1. The monoisotopic (exact) mass is 393 g/mol. The van der Waals surface area contributed by atoms with Crippen LogP contribution in [0.15, 0.2) is 42.5 Å². The number of piperidine rings is 1. The first-order chi connectivity index (χ1) is 12.3. The third-order valence-corrected chi connectivity index (χ3v) is 5.52. The topological polar surface area (TPSA) is 20.3 Å². The maximum atomic E-state index is 14.0. The maximum absolute atomic E-state index is 14.0. The number of amides is 1. The van der Waals surface area contributed by atoms with E-state index in [0.717, 1.165) is 11.1 Å². The summed E-state index contributed by atoms with van der Waals surface area (Å²) in [4.78, 5) is 14.8. The third-order valence-electron chi connectivity index (χ3n) is 5.05. The highest BCUT2D eigenvalue weighted by atomic mass is 35.5. The first-order valence-corrected chi connectivity index (χ1v) is 9.57. The molecule has 1 heterocycles. The van der Waals surface area contributed by atoms with Gasteiger partial charge in [-0.2, -0.15) is 0 Å². The molecule has 138 valence electrons. The lowest BCUT2D eigenvalue weighted by molar-refractivity contribution is -0.145. The Labute approximate surface area is 163 Å². The number of hydrogen-bond donors (Lipinski definition) is 0. The van der Waals surface area contributed by atoms with Crippen molar-refractivity contribution in [1.82, 2.24) is 4.90 Å². The highest BCUT2D eigenvalue weighted by Crippen LogP contribution is 2.46. The van der Waals surface area contributed by atoms with Gasteiger partial charge in [0.1, 0.15) is 5.82 Å². The number of likely N-dealkylation sites (tertiary alicyclic amines) is 1. The lowest BCUT2D eigenvalue weighted by Gasteiger charge is -2.46. The second kappa shape index (κ2) is 7.58. The summed E-state index contributed by atoms with van der Waals surface area (Å²) in [6.07, 6.45) is 0.648. The molecule has 3 atom stereocenters. The van der Waals surface area contributed by atoms with Gasteiger partial charge in [-0.3, -0.25) is 4.79 Å². The minimum absolute atomic E-state index is 0.0254. The van der Waals surface area contributed by atoms with Gasteiger partial charge in [0.25, 0.3) is 0 Å². The number of nitrogens with zero attached hydrogens (tertiary/aromatic N) is 1. The van der Waals surface area contributed by atoms with Gasteiger partial charge in [-0.1, -0.05) is 42.3 Å². The second-order valence-corrected chi connectivity index (χ2v) is 8.15. The largest absolute Gasteiger partial charge is 0.332 e. The van der Waals surface area contributed by atoms with Crippen molar-refractivity contribution in [3.8, 4) is 0 Å². The molecular weight excluding hydrogens is 372 g/mol. The van der Waals surface area contributed by atoms with E-state index < -0.39 is 0 Å². The van der Waals surface area contributed by atoms with E-state index in [4.69, 9.17) is 23.2 Å². The van der Waals surface area contributed by atoms with Crippen LogP contribution in [0.4, 0.5) is 4.39 Å². The number of carbonyl (C=O) groups excluding carboxylic acids is 1. The Balaban J connectivity index is 2.14. The lowest BCUT2D eigenvalue weighted by atomic mass is 9.76. The van der Waals surface area contributed by atoms with Crippen molar-refractivity contribution in [2.45, 2.75) is 45.2 Å². The molecule has 0 bridgehead atoms. The first kappa shape index (κ1) is 19.2. The van der Waals surface area contributed by atoms with Crippen LogP contribution in [0.3, 0.4) is 0 Å². The van der Waals surface area contributed by atoms with Crippen LogP contribution in [0.25, 0.3) is 0 Å². The summed E-state index contributed by atoms with van der Waals surface area (Å²) >= 11 is 12.2. The van der Waals surface area contributed by atoms with E-state index in [1.165, 1.54) is 12.1 Å². The van der Waals surface area contributed by atoms with Gasteiger partial charge in [0.2, 0.25) is 5.91 Å². The molecule has 2 aromatic carbocycles. The molecule has 1 amide bonds. The zero-order valence-corrected chi connectivity index (χ0v) is 16.6. The van der Waals surface area contributed by atoms with E-state index in [-0.39, 0.29) is 35.6 Å². The van der Waals surface area contributed by atoms with Crippen molar-refractivity contribution in [3.05, 3.63) is 69.5 Å². The first-order valence-electron chi connectivity index (χ1n) is 8.81. The SMILES string of the molecule is CC(C)N1C(=O)[C@H](C)C[C@H](c2cc(F)cc(Cl)c2)[C@H]1c1ccc(Cl)cc1. The van der Waals surface area contributed by atoms with E-state index in [0.29, 0.717) is 16.5 Å². The Kier molecular flexibility index (Phi) is 5.59. The van der Waals surface area contributed by atoms with Crippen LogP contribution in [-0.4, -0.2) is 16.8 Å². The summed E-state index contributed by atoms with van der Waals surface area (Å²) in [5.74, 6) is -0.408. The van der Waals surface area contributed by atoms with Gasteiger partial charge in [0.05, 0.1) is 6.04 Å². The summed E-state index contributed by atoms with van der Waals surface area (Å²) in [5.41, 5.74) is 1.81. The molecule has 1 aliphatic rings. The van der Waals surface area contributed by atoms with E-state index in [2.05, 4.69) is 0 Å². The number of halogens is 3. The van der Waals surface area contributed by atoms with Crippen molar-refractivity contribution >= 4 is 29.1 Å².